The number of methoxy groups -OCH3 is 1. The van der Waals surface area contributed by atoms with Crippen LogP contribution in [0.3, 0.4) is 0 Å². The van der Waals surface area contributed by atoms with Crippen molar-refractivity contribution in [2.45, 2.75) is 26.2 Å². The summed E-state index contributed by atoms with van der Waals surface area (Å²) in [4.78, 5) is 24.5. The molecule has 136 valence electrons. The summed E-state index contributed by atoms with van der Waals surface area (Å²) in [5, 5.41) is 2.64. The van der Waals surface area contributed by atoms with Crippen LogP contribution in [0.5, 0.6) is 0 Å². The largest absolute Gasteiger partial charge is 0.464 e. The number of nitrogens with one attached hydrogen (secondary N) is 1. The van der Waals surface area contributed by atoms with Gasteiger partial charge in [-0.1, -0.05) is 61.0 Å². The predicted molar refractivity (Wildman–Crippen MR) is 107 cm³/mol. The Morgan fingerprint density at radius 3 is 2.08 bits per heavy atom. The molecule has 0 saturated carbocycles. The topological polar surface area (TPSA) is 55.4 Å². The maximum Gasteiger partial charge on any atom is 0.354 e. The van der Waals surface area contributed by atoms with E-state index in [1.165, 1.54) is 7.11 Å². The van der Waals surface area contributed by atoms with Crippen LogP contribution in [0.1, 0.15) is 42.3 Å². The first-order chi connectivity index (χ1) is 12.2. The zero-order valence-corrected chi connectivity index (χ0v) is 16.9. The highest BCUT2D eigenvalue weighted by Crippen LogP contribution is 2.22. The Bertz CT molecular complexity index is 816. The van der Waals surface area contributed by atoms with Gasteiger partial charge in [0.05, 0.1) is 7.11 Å². The zero-order valence-electron chi connectivity index (χ0n) is 15.3. The first-order valence-corrected chi connectivity index (χ1v) is 8.97. The first kappa shape index (κ1) is 19.9. The van der Waals surface area contributed by atoms with Gasteiger partial charge in [0.1, 0.15) is 5.70 Å². The lowest BCUT2D eigenvalue weighted by atomic mass is 9.87. The molecule has 0 heterocycles. The molecule has 5 heteroatoms. The van der Waals surface area contributed by atoms with Crippen LogP contribution in [0.2, 0.25) is 0 Å². The summed E-state index contributed by atoms with van der Waals surface area (Å²) in [7, 11) is 1.28. The molecule has 1 N–H and O–H groups in total. The van der Waals surface area contributed by atoms with E-state index in [-0.39, 0.29) is 17.0 Å². The molecule has 0 bridgehead atoms. The Balaban J connectivity index is 2.24. The monoisotopic (exact) mass is 415 g/mol. The van der Waals surface area contributed by atoms with Gasteiger partial charge in [0.2, 0.25) is 0 Å². The van der Waals surface area contributed by atoms with Crippen molar-refractivity contribution >= 4 is 33.9 Å². The lowest BCUT2D eigenvalue weighted by Crippen LogP contribution is -2.28. The van der Waals surface area contributed by atoms with Gasteiger partial charge in [0.15, 0.2) is 0 Å². The average Bonchev–Trinajstić information content (AvgIpc) is 2.61. The number of hydrogen-bond donors (Lipinski definition) is 1. The Morgan fingerprint density at radius 1 is 1.00 bits per heavy atom. The molecule has 2 rings (SSSR count). The molecule has 0 aromatic heterocycles. The van der Waals surface area contributed by atoms with Gasteiger partial charge in [-0.3, -0.25) is 4.79 Å². The second-order valence-electron chi connectivity index (χ2n) is 6.88. The van der Waals surface area contributed by atoms with Gasteiger partial charge in [0, 0.05) is 10.0 Å². The third-order valence-electron chi connectivity index (χ3n) is 3.85. The Morgan fingerprint density at radius 2 is 1.58 bits per heavy atom. The fourth-order valence-corrected chi connectivity index (χ4v) is 2.56. The van der Waals surface area contributed by atoms with E-state index in [2.05, 4.69) is 42.0 Å². The number of halogens is 1. The summed E-state index contributed by atoms with van der Waals surface area (Å²) in [6.07, 6.45) is 1.58. The minimum atomic E-state index is -0.604. The van der Waals surface area contributed by atoms with Crippen LogP contribution in [-0.4, -0.2) is 19.0 Å². The molecule has 0 aliphatic heterocycles. The van der Waals surface area contributed by atoms with E-state index >= 15 is 0 Å². The second-order valence-corrected chi connectivity index (χ2v) is 7.80. The molecule has 0 spiro atoms. The minimum absolute atomic E-state index is 0.00761. The van der Waals surface area contributed by atoms with Gasteiger partial charge in [-0.25, -0.2) is 4.79 Å². The van der Waals surface area contributed by atoms with Crippen LogP contribution >= 0.6 is 15.9 Å². The molecule has 0 aliphatic rings. The summed E-state index contributed by atoms with van der Waals surface area (Å²) in [6, 6.07) is 14.7. The number of hydrogen-bond acceptors (Lipinski definition) is 3. The molecule has 0 atom stereocenters. The van der Waals surface area contributed by atoms with Crippen molar-refractivity contribution in [2.75, 3.05) is 7.11 Å². The fourth-order valence-electron chi connectivity index (χ4n) is 2.30. The van der Waals surface area contributed by atoms with Crippen LogP contribution in [0.15, 0.2) is 58.7 Å². The molecule has 0 saturated heterocycles. The SMILES string of the molecule is COC(=O)C(=Cc1ccc(Br)cc1)NC(=O)c1ccc(C(C)(C)C)cc1. The van der Waals surface area contributed by atoms with Gasteiger partial charge in [-0.15, -0.1) is 0 Å². The van der Waals surface area contributed by atoms with Gasteiger partial charge < -0.3 is 10.1 Å². The van der Waals surface area contributed by atoms with Crippen molar-refractivity contribution in [1.29, 1.82) is 0 Å². The van der Waals surface area contributed by atoms with Crippen LogP contribution in [0, 0.1) is 0 Å². The summed E-state index contributed by atoms with van der Waals surface area (Å²) in [6.45, 7) is 6.33. The Hall–Kier alpha value is -2.40. The summed E-state index contributed by atoms with van der Waals surface area (Å²) in [5.74, 6) is -0.966. The van der Waals surface area contributed by atoms with Crippen LogP contribution in [0.4, 0.5) is 0 Å². The van der Waals surface area contributed by atoms with Crippen LogP contribution < -0.4 is 5.32 Å². The molecule has 1 amide bonds. The van der Waals surface area contributed by atoms with Crippen molar-refractivity contribution < 1.29 is 14.3 Å². The smallest absolute Gasteiger partial charge is 0.354 e. The standard InChI is InChI=1S/C21H22BrNO3/c1-21(2,3)16-9-7-15(8-10-16)19(24)23-18(20(25)26-4)13-14-5-11-17(22)12-6-14/h5-13H,1-4H3,(H,23,24). The number of amides is 1. The van der Waals surface area contributed by atoms with E-state index in [4.69, 9.17) is 4.74 Å². The molecule has 2 aromatic carbocycles. The molecule has 2 aromatic rings. The third kappa shape index (κ3) is 5.30. The van der Waals surface area contributed by atoms with Gasteiger partial charge in [0.25, 0.3) is 5.91 Å². The second kappa shape index (κ2) is 8.32. The normalized spacial score (nSPS) is 11.8. The van der Waals surface area contributed by atoms with Crippen molar-refractivity contribution in [3.05, 3.63) is 75.4 Å². The van der Waals surface area contributed by atoms with Gasteiger partial charge in [-0.05, 0) is 46.9 Å². The number of carbonyl (C=O) groups excluding carboxylic acids is 2. The number of benzene rings is 2. The van der Waals surface area contributed by atoms with E-state index in [0.29, 0.717) is 5.56 Å². The van der Waals surface area contributed by atoms with E-state index in [0.717, 1.165) is 15.6 Å². The lowest BCUT2D eigenvalue weighted by Gasteiger charge is -2.19. The zero-order chi connectivity index (χ0) is 19.3. The molecule has 4 nitrogen and oxygen atoms in total. The molecule has 0 aliphatic carbocycles. The van der Waals surface area contributed by atoms with E-state index in [1.807, 2.05) is 36.4 Å². The number of ether oxygens (including phenoxy) is 1. The summed E-state index contributed by atoms with van der Waals surface area (Å²) >= 11 is 3.36. The van der Waals surface area contributed by atoms with E-state index in [1.54, 1.807) is 18.2 Å². The highest BCUT2D eigenvalue weighted by atomic mass is 79.9. The molecule has 0 fully saturated rings. The molecular formula is C21H22BrNO3. The fraction of sp³-hybridized carbons (Fsp3) is 0.238. The average molecular weight is 416 g/mol. The minimum Gasteiger partial charge on any atom is -0.464 e. The number of carbonyl (C=O) groups is 2. The van der Waals surface area contributed by atoms with Crippen molar-refractivity contribution in [2.24, 2.45) is 0 Å². The van der Waals surface area contributed by atoms with Crippen LogP contribution in [0.25, 0.3) is 6.08 Å². The molecule has 26 heavy (non-hydrogen) atoms. The highest BCUT2D eigenvalue weighted by molar-refractivity contribution is 9.10. The lowest BCUT2D eigenvalue weighted by molar-refractivity contribution is -0.136. The molecule has 0 radical (unpaired) electrons. The van der Waals surface area contributed by atoms with Gasteiger partial charge >= 0.3 is 5.97 Å². The van der Waals surface area contributed by atoms with Crippen molar-refractivity contribution in [3.63, 3.8) is 0 Å². The molecular weight excluding hydrogens is 394 g/mol. The van der Waals surface area contributed by atoms with Crippen LogP contribution in [-0.2, 0) is 14.9 Å². The quantitative estimate of drug-likeness (QED) is 0.581. The Labute approximate surface area is 162 Å². The third-order valence-corrected chi connectivity index (χ3v) is 4.38. The van der Waals surface area contributed by atoms with Crippen molar-refractivity contribution in [3.8, 4) is 0 Å². The van der Waals surface area contributed by atoms with Gasteiger partial charge in [-0.2, -0.15) is 0 Å². The number of esters is 1. The number of rotatable bonds is 4. The maximum atomic E-state index is 12.5. The summed E-state index contributed by atoms with van der Waals surface area (Å²) in [5.41, 5.74) is 2.47. The summed E-state index contributed by atoms with van der Waals surface area (Å²) < 4.78 is 5.71. The van der Waals surface area contributed by atoms with E-state index < -0.39 is 5.97 Å². The predicted octanol–water partition coefficient (Wildman–Crippen LogP) is 4.69. The highest BCUT2D eigenvalue weighted by Gasteiger charge is 2.17. The Kier molecular flexibility index (Phi) is 6.37. The maximum absolute atomic E-state index is 12.5. The first-order valence-electron chi connectivity index (χ1n) is 8.18. The molecule has 0 unspecified atom stereocenters. The van der Waals surface area contributed by atoms with E-state index in [9.17, 15) is 9.59 Å². The van der Waals surface area contributed by atoms with Crippen molar-refractivity contribution in [1.82, 2.24) is 5.32 Å².